The molecule has 1 nitrogen and oxygen atoms in total. The average molecular weight is 412 g/mol. The minimum absolute atomic E-state index is 0.397. The quantitative estimate of drug-likeness (QED) is 0.340. The van der Waals surface area contributed by atoms with E-state index in [4.69, 9.17) is 0 Å². The van der Waals surface area contributed by atoms with Gasteiger partial charge in [-0.15, -0.1) is 0 Å². The largest absolute Gasteiger partial charge is 0.429 e. The van der Waals surface area contributed by atoms with Gasteiger partial charge < -0.3 is 4.74 Å². The summed E-state index contributed by atoms with van der Waals surface area (Å²) < 4.78 is 72.5. The first-order valence-electron chi connectivity index (χ1n) is 10.1. The Labute approximate surface area is 167 Å². The van der Waals surface area contributed by atoms with E-state index in [9.17, 15) is 22.0 Å². The van der Waals surface area contributed by atoms with E-state index in [1.807, 2.05) is 0 Å². The van der Waals surface area contributed by atoms with Crippen LogP contribution in [-0.2, 0) is 12.5 Å². The Bertz CT molecular complexity index is 788. The summed E-state index contributed by atoms with van der Waals surface area (Å²) in [5.74, 6) is -4.15. The Balaban J connectivity index is 1.58. The molecule has 2 aromatic rings. The van der Waals surface area contributed by atoms with Gasteiger partial charge in [0.1, 0.15) is 5.75 Å². The van der Waals surface area contributed by atoms with Gasteiger partial charge in [-0.25, -0.2) is 13.2 Å². The molecular weight excluding hydrogens is 387 g/mol. The van der Waals surface area contributed by atoms with E-state index in [0.29, 0.717) is 18.1 Å². The first-order chi connectivity index (χ1) is 13.8. The lowest BCUT2D eigenvalue weighted by Crippen LogP contribution is -2.22. The van der Waals surface area contributed by atoms with E-state index in [2.05, 4.69) is 11.7 Å². The fourth-order valence-electron chi connectivity index (χ4n) is 3.96. The highest BCUT2D eigenvalue weighted by Crippen LogP contribution is 2.35. The lowest BCUT2D eigenvalue weighted by Gasteiger charge is -2.27. The third kappa shape index (κ3) is 5.49. The second-order valence-electron chi connectivity index (χ2n) is 7.85. The number of ether oxygens (including phenoxy) is 1. The molecule has 1 aliphatic carbocycles. The fraction of sp³-hybridized carbons (Fsp3) is 0.478. The van der Waals surface area contributed by atoms with E-state index in [1.165, 1.54) is 44.2 Å². The predicted octanol–water partition coefficient (Wildman–Crippen LogP) is 7.38. The Kier molecular flexibility index (Phi) is 6.81. The third-order valence-corrected chi connectivity index (χ3v) is 5.88. The second kappa shape index (κ2) is 9.14. The summed E-state index contributed by atoms with van der Waals surface area (Å²) in [6.07, 6.45) is 4.30. The van der Waals surface area contributed by atoms with E-state index >= 15 is 0 Å². The molecule has 0 saturated heterocycles. The van der Waals surface area contributed by atoms with Crippen LogP contribution in [0.2, 0.25) is 0 Å². The molecule has 1 aliphatic rings. The number of alkyl halides is 2. The standard InChI is InChI=1S/C23H25F5O/c1-2-15-3-5-16(6-4-15)7-8-17-9-11-18(12-10-17)23(27,28)29-19-13-20(24)22(26)21(25)14-19/h9-16H,2-8H2,1H3. The zero-order valence-electron chi connectivity index (χ0n) is 16.4. The molecule has 0 aliphatic heterocycles. The molecular formula is C23H25F5O. The Morgan fingerprint density at radius 3 is 2.00 bits per heavy atom. The summed E-state index contributed by atoms with van der Waals surface area (Å²) in [7, 11) is 0. The predicted molar refractivity (Wildman–Crippen MR) is 101 cm³/mol. The van der Waals surface area contributed by atoms with Crippen molar-refractivity contribution in [2.24, 2.45) is 11.8 Å². The van der Waals surface area contributed by atoms with Crippen LogP contribution >= 0.6 is 0 Å². The molecule has 158 valence electrons. The van der Waals surface area contributed by atoms with E-state index in [-0.39, 0.29) is 0 Å². The van der Waals surface area contributed by atoms with Gasteiger partial charge in [-0.3, -0.25) is 0 Å². The van der Waals surface area contributed by atoms with Crippen molar-refractivity contribution in [3.63, 3.8) is 0 Å². The monoisotopic (exact) mass is 412 g/mol. The molecule has 0 heterocycles. The van der Waals surface area contributed by atoms with Crippen molar-refractivity contribution >= 4 is 0 Å². The van der Waals surface area contributed by atoms with Crippen molar-refractivity contribution in [1.29, 1.82) is 0 Å². The molecule has 29 heavy (non-hydrogen) atoms. The van der Waals surface area contributed by atoms with Crippen LogP contribution in [0.4, 0.5) is 22.0 Å². The summed E-state index contributed by atoms with van der Waals surface area (Å²) in [5, 5.41) is 0. The topological polar surface area (TPSA) is 9.23 Å². The number of rotatable bonds is 7. The molecule has 0 aromatic heterocycles. The van der Waals surface area contributed by atoms with Gasteiger partial charge in [-0.1, -0.05) is 51.2 Å². The summed E-state index contributed by atoms with van der Waals surface area (Å²) >= 11 is 0. The Morgan fingerprint density at radius 2 is 1.45 bits per heavy atom. The van der Waals surface area contributed by atoms with Gasteiger partial charge >= 0.3 is 6.11 Å². The SMILES string of the molecule is CCC1CCC(CCc2ccc(C(F)(F)Oc3cc(F)c(F)c(F)c3)cc2)CC1. The molecule has 0 radical (unpaired) electrons. The zero-order valence-corrected chi connectivity index (χ0v) is 16.4. The Hall–Kier alpha value is -2.11. The molecule has 2 aromatic carbocycles. The van der Waals surface area contributed by atoms with Gasteiger partial charge in [0, 0.05) is 12.1 Å². The first-order valence-corrected chi connectivity index (χ1v) is 10.1. The minimum atomic E-state index is -3.80. The van der Waals surface area contributed by atoms with Crippen LogP contribution in [0.1, 0.15) is 56.6 Å². The highest BCUT2D eigenvalue weighted by molar-refractivity contribution is 5.29. The number of hydrogen-bond donors (Lipinski definition) is 0. The molecule has 1 saturated carbocycles. The molecule has 3 rings (SSSR count). The van der Waals surface area contributed by atoms with Gasteiger partial charge in [0.15, 0.2) is 17.5 Å². The van der Waals surface area contributed by atoms with E-state index < -0.39 is 34.9 Å². The van der Waals surface area contributed by atoms with Crippen LogP contribution in [0.25, 0.3) is 0 Å². The zero-order chi connectivity index (χ0) is 21.0. The van der Waals surface area contributed by atoms with Crippen molar-refractivity contribution in [1.82, 2.24) is 0 Å². The summed E-state index contributed by atoms with van der Waals surface area (Å²) in [6, 6.07) is 6.53. The summed E-state index contributed by atoms with van der Waals surface area (Å²) in [4.78, 5) is 0. The molecule has 0 bridgehead atoms. The lowest BCUT2D eigenvalue weighted by atomic mass is 9.78. The molecule has 1 fully saturated rings. The van der Waals surface area contributed by atoms with E-state index in [0.717, 1.165) is 24.3 Å². The molecule has 0 atom stereocenters. The van der Waals surface area contributed by atoms with Gasteiger partial charge in [0.05, 0.1) is 5.56 Å². The van der Waals surface area contributed by atoms with Crippen LogP contribution in [0.3, 0.4) is 0 Å². The van der Waals surface area contributed by atoms with Gasteiger partial charge in [-0.2, -0.15) is 8.78 Å². The van der Waals surface area contributed by atoms with Crippen molar-refractivity contribution in [3.05, 3.63) is 65.0 Å². The average Bonchev–Trinajstić information content (AvgIpc) is 2.71. The fourth-order valence-corrected chi connectivity index (χ4v) is 3.96. The number of halogens is 5. The first kappa shape index (κ1) is 21.6. The molecule has 0 unspecified atom stereocenters. The van der Waals surface area contributed by atoms with Crippen LogP contribution in [0, 0.1) is 29.3 Å². The van der Waals surface area contributed by atoms with Crippen molar-refractivity contribution in [2.75, 3.05) is 0 Å². The van der Waals surface area contributed by atoms with Gasteiger partial charge in [0.25, 0.3) is 0 Å². The molecule has 0 spiro atoms. The molecule has 0 N–H and O–H groups in total. The van der Waals surface area contributed by atoms with Crippen molar-refractivity contribution in [3.8, 4) is 5.75 Å². The molecule has 0 amide bonds. The maximum atomic E-state index is 14.3. The second-order valence-corrected chi connectivity index (χ2v) is 7.85. The summed E-state index contributed by atoms with van der Waals surface area (Å²) in [5.41, 5.74) is 0.524. The maximum absolute atomic E-state index is 14.3. The van der Waals surface area contributed by atoms with Crippen molar-refractivity contribution in [2.45, 2.75) is 58.0 Å². The highest BCUT2D eigenvalue weighted by atomic mass is 19.3. The van der Waals surface area contributed by atoms with Crippen LogP contribution < -0.4 is 4.74 Å². The van der Waals surface area contributed by atoms with Crippen LogP contribution in [0.5, 0.6) is 5.75 Å². The highest BCUT2D eigenvalue weighted by Gasteiger charge is 2.35. The lowest BCUT2D eigenvalue weighted by molar-refractivity contribution is -0.185. The number of benzene rings is 2. The summed E-state index contributed by atoms with van der Waals surface area (Å²) in [6.45, 7) is 2.23. The van der Waals surface area contributed by atoms with Gasteiger partial charge in [-0.05, 0) is 42.4 Å². The maximum Gasteiger partial charge on any atom is 0.426 e. The van der Waals surface area contributed by atoms with Crippen LogP contribution in [0.15, 0.2) is 36.4 Å². The number of hydrogen-bond acceptors (Lipinski definition) is 1. The normalized spacial score (nSPS) is 19.9. The van der Waals surface area contributed by atoms with Crippen molar-refractivity contribution < 1.29 is 26.7 Å². The van der Waals surface area contributed by atoms with Gasteiger partial charge in [0.2, 0.25) is 0 Å². The number of aryl methyl sites for hydroxylation is 1. The molecule has 6 heteroatoms. The Morgan fingerprint density at radius 1 is 0.897 bits per heavy atom. The smallest absolute Gasteiger partial charge is 0.426 e. The minimum Gasteiger partial charge on any atom is -0.429 e. The third-order valence-electron chi connectivity index (χ3n) is 5.88. The van der Waals surface area contributed by atoms with E-state index in [1.54, 1.807) is 12.1 Å². The van der Waals surface area contributed by atoms with Crippen LogP contribution in [-0.4, -0.2) is 0 Å².